The van der Waals surface area contributed by atoms with Crippen LogP contribution in [0.1, 0.15) is 0 Å². The van der Waals surface area contributed by atoms with Gasteiger partial charge >= 0.3 is 6.16 Å². The zero-order valence-corrected chi connectivity index (χ0v) is 4.98. The topological polar surface area (TPSA) is 83.5 Å². The number of carbonyl (C=O) groups is 1. The average Bonchev–Trinajstić information content (AvgIpc) is 1.59. The first-order chi connectivity index (χ1) is 3.92. The zero-order valence-electron chi connectivity index (χ0n) is 4.17. The molecule has 0 aliphatic rings. The van der Waals surface area contributed by atoms with E-state index in [-0.39, 0.29) is 0 Å². The number of halogens is 1. The molecule has 7 heteroatoms. The first kappa shape index (κ1) is 8.31. The van der Waals surface area contributed by atoms with E-state index in [0.717, 1.165) is 0 Å². The summed E-state index contributed by atoms with van der Waals surface area (Å²) in [6.45, 7) is 0. The molecule has 0 saturated carbocycles. The molecule has 0 spiro atoms. The molecule has 0 aliphatic carbocycles. The molecule has 2 N–H and O–H groups in total. The van der Waals surface area contributed by atoms with Gasteiger partial charge < -0.3 is 5.32 Å². The second kappa shape index (κ2) is 2.74. The van der Waals surface area contributed by atoms with Gasteiger partial charge in [-0.1, -0.05) is 0 Å². The van der Waals surface area contributed by atoms with Crippen LogP contribution in [0.3, 0.4) is 0 Å². The minimum atomic E-state index is -4.29. The molecule has 54 valence electrons. The van der Waals surface area contributed by atoms with E-state index >= 15 is 0 Å². The minimum absolute atomic E-state index is 1.09. The molecule has 0 bridgehead atoms. The standard InChI is InChI=1S/C2H4FNO4S/c3-2(5)4-1-9(6,7)8/h1H2,(H,4,5)(H,6,7,8). The quantitative estimate of drug-likeness (QED) is 0.322. The van der Waals surface area contributed by atoms with Gasteiger partial charge in [0.05, 0.1) is 0 Å². The molecule has 0 radical (unpaired) electrons. The van der Waals surface area contributed by atoms with Gasteiger partial charge in [-0.25, -0.2) is 4.79 Å². The van der Waals surface area contributed by atoms with Gasteiger partial charge in [0, 0.05) is 0 Å². The third-order valence-corrected chi connectivity index (χ3v) is 0.903. The van der Waals surface area contributed by atoms with Gasteiger partial charge in [0.15, 0.2) is 0 Å². The van der Waals surface area contributed by atoms with E-state index < -0.39 is 22.2 Å². The van der Waals surface area contributed by atoms with Crippen LogP contribution in [0.25, 0.3) is 0 Å². The Hall–Kier alpha value is -0.690. The molecule has 0 aromatic rings. The molecule has 0 atom stereocenters. The summed E-state index contributed by atoms with van der Waals surface area (Å²) < 4.78 is 38.4. The Kier molecular flexibility index (Phi) is 2.53. The van der Waals surface area contributed by atoms with Crippen molar-refractivity contribution in [3.8, 4) is 0 Å². The van der Waals surface area contributed by atoms with Crippen molar-refractivity contribution in [1.29, 1.82) is 0 Å². The largest absolute Gasteiger partial charge is 0.398 e. The molecule has 1 amide bonds. The summed E-state index contributed by atoms with van der Waals surface area (Å²) in [7, 11) is -4.29. The highest BCUT2D eigenvalue weighted by molar-refractivity contribution is 7.85. The molecule has 0 rings (SSSR count). The van der Waals surface area contributed by atoms with Crippen LogP contribution in [0.2, 0.25) is 0 Å². The summed E-state index contributed by atoms with van der Waals surface area (Å²) in [6, 6.07) is 0. The van der Waals surface area contributed by atoms with Gasteiger partial charge in [-0.2, -0.15) is 8.42 Å². The molecule has 0 heterocycles. The fourth-order valence-electron chi connectivity index (χ4n) is 0.148. The van der Waals surface area contributed by atoms with Crippen molar-refractivity contribution >= 4 is 16.3 Å². The van der Waals surface area contributed by atoms with Crippen molar-refractivity contribution < 1.29 is 22.2 Å². The van der Waals surface area contributed by atoms with Crippen molar-refractivity contribution in [2.45, 2.75) is 0 Å². The van der Waals surface area contributed by atoms with Gasteiger partial charge in [-0.05, 0) is 0 Å². The molecule has 0 unspecified atom stereocenters. The van der Waals surface area contributed by atoms with Gasteiger partial charge in [-0.15, -0.1) is 4.39 Å². The van der Waals surface area contributed by atoms with Crippen LogP contribution < -0.4 is 5.32 Å². The maximum Gasteiger partial charge on any atom is 0.398 e. The Labute approximate surface area is 50.6 Å². The third kappa shape index (κ3) is 7.31. The maximum atomic E-state index is 11.1. The summed E-state index contributed by atoms with van der Waals surface area (Å²) in [6.07, 6.45) is -1.99. The SMILES string of the molecule is O=C(F)NCS(=O)(=O)O. The first-order valence-corrected chi connectivity index (χ1v) is 3.41. The van der Waals surface area contributed by atoms with E-state index in [2.05, 4.69) is 0 Å². The van der Waals surface area contributed by atoms with Crippen molar-refractivity contribution in [1.82, 2.24) is 5.32 Å². The fourth-order valence-corrected chi connectivity index (χ4v) is 0.444. The highest BCUT2D eigenvalue weighted by Crippen LogP contribution is 1.77. The van der Waals surface area contributed by atoms with E-state index in [1.807, 2.05) is 0 Å². The number of nitrogens with one attached hydrogen (secondary N) is 1. The van der Waals surface area contributed by atoms with E-state index in [9.17, 15) is 17.6 Å². The molecule has 5 nitrogen and oxygen atoms in total. The van der Waals surface area contributed by atoms with Crippen LogP contribution in [-0.2, 0) is 10.1 Å². The van der Waals surface area contributed by atoms with Crippen LogP contribution >= 0.6 is 0 Å². The lowest BCUT2D eigenvalue weighted by molar-refractivity contribution is 0.223. The number of rotatable bonds is 2. The molecule has 0 aromatic heterocycles. The first-order valence-electron chi connectivity index (χ1n) is 1.80. The number of hydrogen-bond acceptors (Lipinski definition) is 3. The van der Waals surface area contributed by atoms with Gasteiger partial charge in [0.1, 0.15) is 5.88 Å². The van der Waals surface area contributed by atoms with E-state index in [4.69, 9.17) is 4.55 Å². The highest BCUT2D eigenvalue weighted by Gasteiger charge is 2.05. The highest BCUT2D eigenvalue weighted by atomic mass is 32.2. The predicted octanol–water partition coefficient (Wildman–Crippen LogP) is -0.489. The minimum Gasteiger partial charge on any atom is -0.311 e. The Morgan fingerprint density at radius 2 is 2.11 bits per heavy atom. The van der Waals surface area contributed by atoms with Crippen LogP contribution in [0.4, 0.5) is 9.18 Å². The molecular formula is C2H4FNO4S. The summed E-state index contributed by atoms with van der Waals surface area (Å²) in [5.41, 5.74) is 0. The summed E-state index contributed by atoms with van der Waals surface area (Å²) >= 11 is 0. The number of hydrogen-bond donors (Lipinski definition) is 2. The Balaban J connectivity index is 3.67. The zero-order chi connectivity index (χ0) is 7.49. The summed E-state index contributed by atoms with van der Waals surface area (Å²) in [5, 5.41) is 1.24. The van der Waals surface area contributed by atoms with Gasteiger partial charge in [0.25, 0.3) is 10.1 Å². The lowest BCUT2D eigenvalue weighted by Gasteiger charge is -1.92. The molecular weight excluding hydrogens is 153 g/mol. The lowest BCUT2D eigenvalue weighted by Crippen LogP contribution is -2.24. The number of amides is 1. The predicted molar refractivity (Wildman–Crippen MR) is 26.1 cm³/mol. The normalized spacial score (nSPS) is 10.9. The van der Waals surface area contributed by atoms with Crippen molar-refractivity contribution in [3.05, 3.63) is 0 Å². The Morgan fingerprint density at radius 1 is 1.67 bits per heavy atom. The lowest BCUT2D eigenvalue weighted by atomic mass is 11.2. The van der Waals surface area contributed by atoms with E-state index in [1.165, 1.54) is 5.32 Å². The van der Waals surface area contributed by atoms with Crippen LogP contribution in [-0.4, -0.2) is 25.0 Å². The summed E-state index contributed by atoms with van der Waals surface area (Å²) in [5.74, 6) is -1.09. The maximum absolute atomic E-state index is 11.1. The van der Waals surface area contributed by atoms with Crippen LogP contribution in [0, 0.1) is 0 Å². The summed E-state index contributed by atoms with van der Waals surface area (Å²) in [4.78, 5) is 9.34. The second-order valence-electron chi connectivity index (χ2n) is 1.18. The Bertz CT molecular complexity index is 197. The van der Waals surface area contributed by atoms with Crippen molar-refractivity contribution in [2.24, 2.45) is 0 Å². The van der Waals surface area contributed by atoms with Crippen molar-refractivity contribution in [2.75, 3.05) is 5.88 Å². The van der Waals surface area contributed by atoms with Crippen LogP contribution in [0.5, 0.6) is 0 Å². The third-order valence-electron chi connectivity index (χ3n) is 0.394. The average molecular weight is 157 g/mol. The Morgan fingerprint density at radius 3 is 2.22 bits per heavy atom. The fraction of sp³-hybridized carbons (Fsp3) is 0.500. The molecule has 0 fully saturated rings. The van der Waals surface area contributed by atoms with Gasteiger partial charge in [0.2, 0.25) is 0 Å². The van der Waals surface area contributed by atoms with Crippen molar-refractivity contribution in [3.63, 3.8) is 0 Å². The molecule has 9 heavy (non-hydrogen) atoms. The smallest absolute Gasteiger partial charge is 0.311 e. The number of carbonyl (C=O) groups excluding carboxylic acids is 1. The van der Waals surface area contributed by atoms with Gasteiger partial charge in [-0.3, -0.25) is 4.55 Å². The molecule has 0 saturated heterocycles. The second-order valence-corrected chi connectivity index (χ2v) is 2.63. The van der Waals surface area contributed by atoms with E-state index in [1.54, 1.807) is 0 Å². The molecule has 0 aliphatic heterocycles. The molecule has 0 aromatic carbocycles. The van der Waals surface area contributed by atoms with E-state index in [0.29, 0.717) is 0 Å². The monoisotopic (exact) mass is 157 g/mol. The van der Waals surface area contributed by atoms with Crippen LogP contribution in [0.15, 0.2) is 0 Å².